The SMILES string of the molecule is Cc1cccc(C)c1COc1cccc(C(=O)CBr)c1. The van der Waals surface area contributed by atoms with E-state index in [4.69, 9.17) is 4.74 Å². The largest absolute Gasteiger partial charge is 0.489 e. The third kappa shape index (κ3) is 3.48. The molecule has 0 atom stereocenters. The summed E-state index contributed by atoms with van der Waals surface area (Å²) in [6.45, 7) is 4.68. The van der Waals surface area contributed by atoms with Crippen molar-refractivity contribution in [3.05, 3.63) is 64.7 Å². The third-order valence-corrected chi connectivity index (χ3v) is 3.81. The average Bonchev–Trinajstić information content (AvgIpc) is 2.46. The molecule has 0 spiro atoms. The van der Waals surface area contributed by atoms with E-state index in [1.807, 2.05) is 18.2 Å². The number of aryl methyl sites for hydroxylation is 2. The molecule has 0 saturated carbocycles. The van der Waals surface area contributed by atoms with E-state index in [1.165, 1.54) is 16.7 Å². The Balaban J connectivity index is 2.13. The number of benzene rings is 2. The highest BCUT2D eigenvalue weighted by molar-refractivity contribution is 9.09. The van der Waals surface area contributed by atoms with Crippen molar-refractivity contribution in [3.63, 3.8) is 0 Å². The van der Waals surface area contributed by atoms with Crippen LogP contribution in [0.4, 0.5) is 0 Å². The van der Waals surface area contributed by atoms with Crippen molar-refractivity contribution >= 4 is 21.7 Å². The molecule has 0 aliphatic heterocycles. The highest BCUT2D eigenvalue weighted by atomic mass is 79.9. The van der Waals surface area contributed by atoms with Crippen LogP contribution in [-0.2, 0) is 6.61 Å². The second-order valence-corrected chi connectivity index (χ2v) is 5.30. The van der Waals surface area contributed by atoms with E-state index in [2.05, 4.69) is 41.9 Å². The van der Waals surface area contributed by atoms with Crippen molar-refractivity contribution < 1.29 is 9.53 Å². The first-order valence-electron chi connectivity index (χ1n) is 6.49. The first-order chi connectivity index (χ1) is 9.61. The molecule has 2 rings (SSSR count). The number of halogens is 1. The molecule has 0 N–H and O–H groups in total. The summed E-state index contributed by atoms with van der Waals surface area (Å²) >= 11 is 3.18. The highest BCUT2D eigenvalue weighted by Crippen LogP contribution is 2.19. The van der Waals surface area contributed by atoms with Crippen LogP contribution < -0.4 is 4.74 Å². The number of alkyl halides is 1. The van der Waals surface area contributed by atoms with Crippen LogP contribution >= 0.6 is 15.9 Å². The van der Waals surface area contributed by atoms with E-state index < -0.39 is 0 Å². The zero-order chi connectivity index (χ0) is 14.5. The lowest BCUT2D eigenvalue weighted by Crippen LogP contribution is -2.03. The lowest BCUT2D eigenvalue weighted by atomic mass is 10.0. The van der Waals surface area contributed by atoms with Crippen molar-refractivity contribution in [1.82, 2.24) is 0 Å². The average molecular weight is 333 g/mol. The van der Waals surface area contributed by atoms with Crippen LogP contribution in [0.2, 0.25) is 0 Å². The zero-order valence-electron chi connectivity index (χ0n) is 11.7. The van der Waals surface area contributed by atoms with E-state index >= 15 is 0 Å². The lowest BCUT2D eigenvalue weighted by Gasteiger charge is -2.12. The van der Waals surface area contributed by atoms with E-state index in [0.717, 1.165) is 5.75 Å². The van der Waals surface area contributed by atoms with Crippen LogP contribution in [0.5, 0.6) is 5.75 Å². The fourth-order valence-electron chi connectivity index (χ4n) is 2.07. The summed E-state index contributed by atoms with van der Waals surface area (Å²) in [5.74, 6) is 0.780. The van der Waals surface area contributed by atoms with Crippen LogP contribution in [0.1, 0.15) is 27.0 Å². The molecule has 104 valence electrons. The molecule has 0 saturated heterocycles. The minimum atomic E-state index is 0.0579. The molecule has 0 radical (unpaired) electrons. The van der Waals surface area contributed by atoms with Crippen LogP contribution in [0, 0.1) is 13.8 Å². The van der Waals surface area contributed by atoms with Gasteiger partial charge in [-0.25, -0.2) is 0 Å². The Labute approximate surface area is 127 Å². The smallest absolute Gasteiger partial charge is 0.173 e. The molecule has 2 aromatic carbocycles. The summed E-state index contributed by atoms with van der Waals surface area (Å²) in [4.78, 5) is 11.6. The molecule has 0 bridgehead atoms. The van der Waals surface area contributed by atoms with Gasteiger partial charge in [-0.15, -0.1) is 0 Å². The summed E-state index contributed by atoms with van der Waals surface area (Å²) in [5, 5.41) is 0.327. The van der Waals surface area contributed by atoms with Crippen molar-refractivity contribution in [2.24, 2.45) is 0 Å². The molecule has 2 aromatic rings. The Hall–Kier alpha value is -1.61. The first-order valence-corrected chi connectivity index (χ1v) is 7.61. The van der Waals surface area contributed by atoms with E-state index in [1.54, 1.807) is 12.1 Å². The molecule has 0 aliphatic carbocycles. The van der Waals surface area contributed by atoms with E-state index in [9.17, 15) is 4.79 Å². The Bertz CT molecular complexity index is 600. The number of Topliss-reactive ketones (excluding diaryl/α,β-unsaturated/α-hetero) is 1. The maximum absolute atomic E-state index is 11.6. The van der Waals surface area contributed by atoms with Gasteiger partial charge in [-0.2, -0.15) is 0 Å². The summed E-state index contributed by atoms with van der Waals surface area (Å²) in [6, 6.07) is 13.5. The second kappa shape index (κ2) is 6.71. The minimum absolute atomic E-state index is 0.0579. The van der Waals surface area contributed by atoms with Gasteiger partial charge in [-0.3, -0.25) is 4.79 Å². The standard InChI is InChI=1S/C17H17BrO2/c1-12-5-3-6-13(2)16(12)11-20-15-8-4-7-14(9-15)17(19)10-18/h3-9H,10-11H2,1-2H3. The molecule has 0 heterocycles. The minimum Gasteiger partial charge on any atom is -0.489 e. The quantitative estimate of drug-likeness (QED) is 0.596. The van der Waals surface area contributed by atoms with Gasteiger partial charge in [-0.1, -0.05) is 46.3 Å². The molecule has 20 heavy (non-hydrogen) atoms. The van der Waals surface area contributed by atoms with Crippen molar-refractivity contribution in [1.29, 1.82) is 0 Å². The molecule has 0 aromatic heterocycles. The van der Waals surface area contributed by atoms with Gasteiger partial charge in [0.1, 0.15) is 12.4 Å². The Morgan fingerprint density at radius 1 is 1.10 bits per heavy atom. The monoisotopic (exact) mass is 332 g/mol. The van der Waals surface area contributed by atoms with Crippen LogP contribution in [0.25, 0.3) is 0 Å². The van der Waals surface area contributed by atoms with Crippen LogP contribution in [0.3, 0.4) is 0 Å². The summed E-state index contributed by atoms with van der Waals surface area (Å²) in [5.41, 5.74) is 4.31. The number of carbonyl (C=O) groups is 1. The van der Waals surface area contributed by atoms with E-state index in [0.29, 0.717) is 17.5 Å². The van der Waals surface area contributed by atoms with Gasteiger partial charge >= 0.3 is 0 Å². The number of rotatable bonds is 5. The molecule has 3 heteroatoms. The van der Waals surface area contributed by atoms with Crippen molar-refractivity contribution in [2.75, 3.05) is 5.33 Å². The van der Waals surface area contributed by atoms with Crippen LogP contribution in [0.15, 0.2) is 42.5 Å². The Kier molecular flexibility index (Phi) is 4.96. The topological polar surface area (TPSA) is 26.3 Å². The van der Waals surface area contributed by atoms with Gasteiger partial charge < -0.3 is 4.74 Å². The van der Waals surface area contributed by atoms with Crippen molar-refractivity contribution in [3.8, 4) is 5.75 Å². The lowest BCUT2D eigenvalue weighted by molar-refractivity contribution is 0.102. The molecule has 0 unspecified atom stereocenters. The summed E-state index contributed by atoms with van der Waals surface area (Å²) in [6.07, 6.45) is 0. The predicted molar refractivity (Wildman–Crippen MR) is 84.8 cm³/mol. The molecule has 0 amide bonds. The predicted octanol–water partition coefficient (Wildman–Crippen LogP) is 4.46. The fourth-order valence-corrected chi connectivity index (χ4v) is 2.39. The maximum Gasteiger partial charge on any atom is 0.173 e. The number of ketones is 1. The Morgan fingerprint density at radius 2 is 1.75 bits per heavy atom. The molecular formula is C17H17BrO2. The first kappa shape index (κ1) is 14.8. The maximum atomic E-state index is 11.6. The molecule has 0 fully saturated rings. The molecular weight excluding hydrogens is 316 g/mol. The molecule has 0 aliphatic rings. The van der Waals surface area contributed by atoms with Gasteiger partial charge in [-0.05, 0) is 42.7 Å². The highest BCUT2D eigenvalue weighted by Gasteiger charge is 2.06. The number of ether oxygens (including phenoxy) is 1. The molecule has 2 nitrogen and oxygen atoms in total. The Morgan fingerprint density at radius 3 is 2.40 bits per heavy atom. The van der Waals surface area contributed by atoms with Gasteiger partial charge in [0.05, 0.1) is 5.33 Å². The van der Waals surface area contributed by atoms with Gasteiger partial charge in [0.25, 0.3) is 0 Å². The summed E-state index contributed by atoms with van der Waals surface area (Å²) in [7, 11) is 0. The third-order valence-electron chi connectivity index (χ3n) is 3.31. The van der Waals surface area contributed by atoms with Gasteiger partial charge in [0.15, 0.2) is 5.78 Å². The van der Waals surface area contributed by atoms with Crippen LogP contribution in [-0.4, -0.2) is 11.1 Å². The number of carbonyl (C=O) groups excluding carboxylic acids is 1. The number of hydrogen-bond acceptors (Lipinski definition) is 2. The summed E-state index contributed by atoms with van der Waals surface area (Å²) < 4.78 is 5.82. The second-order valence-electron chi connectivity index (χ2n) is 4.74. The normalized spacial score (nSPS) is 10.3. The van der Waals surface area contributed by atoms with Gasteiger partial charge in [0.2, 0.25) is 0 Å². The van der Waals surface area contributed by atoms with E-state index in [-0.39, 0.29) is 5.78 Å². The zero-order valence-corrected chi connectivity index (χ0v) is 13.2. The van der Waals surface area contributed by atoms with Crippen molar-refractivity contribution in [2.45, 2.75) is 20.5 Å². The fraction of sp³-hybridized carbons (Fsp3) is 0.235. The van der Waals surface area contributed by atoms with Gasteiger partial charge in [0, 0.05) is 5.56 Å². The number of hydrogen-bond donors (Lipinski definition) is 0.